The first-order chi connectivity index (χ1) is 8.45. The number of nitrogens with zero attached hydrogens (tertiary/aromatic N) is 1. The van der Waals surface area contributed by atoms with Crippen LogP contribution in [0.2, 0.25) is 0 Å². The number of aromatic nitrogens is 1. The zero-order valence-corrected chi connectivity index (χ0v) is 11.0. The molecule has 8 heteroatoms. The predicted molar refractivity (Wildman–Crippen MR) is 71.5 cm³/mol. The molecule has 7 nitrogen and oxygen atoms in total. The van der Waals surface area contributed by atoms with Crippen LogP contribution in [-0.2, 0) is 4.79 Å². The number of pyridine rings is 1. The third-order valence-corrected chi connectivity index (χ3v) is 2.55. The highest BCUT2D eigenvalue weighted by Gasteiger charge is 2.26. The highest BCUT2D eigenvalue weighted by Crippen LogP contribution is 2.06. The van der Waals surface area contributed by atoms with Gasteiger partial charge in [-0.3, -0.25) is 14.8 Å². The van der Waals surface area contributed by atoms with E-state index in [4.69, 9.17) is 5.21 Å². The van der Waals surface area contributed by atoms with Crippen LogP contribution in [0.3, 0.4) is 0 Å². The first-order valence-corrected chi connectivity index (χ1v) is 5.80. The second-order valence-corrected chi connectivity index (χ2v) is 4.33. The number of hydroxylamine groups is 1. The van der Waals surface area contributed by atoms with Gasteiger partial charge >= 0.3 is 0 Å². The van der Waals surface area contributed by atoms with Crippen LogP contribution in [0.1, 0.15) is 24.8 Å². The van der Waals surface area contributed by atoms with Gasteiger partial charge in [0.1, 0.15) is 16.3 Å². The van der Waals surface area contributed by atoms with Gasteiger partial charge in [0.15, 0.2) is 0 Å². The Balaban J connectivity index is 0.00000324. The molecular formula is C11H16BrN3O4. The number of aliphatic hydroxyl groups is 1. The van der Waals surface area contributed by atoms with Crippen molar-refractivity contribution < 1.29 is 19.9 Å². The van der Waals surface area contributed by atoms with Gasteiger partial charge in [0.25, 0.3) is 11.8 Å². The van der Waals surface area contributed by atoms with Crippen LogP contribution in [0, 0.1) is 0 Å². The van der Waals surface area contributed by atoms with Crippen molar-refractivity contribution in [2.75, 3.05) is 0 Å². The van der Waals surface area contributed by atoms with Gasteiger partial charge in [-0.05, 0) is 35.0 Å². The molecule has 0 fully saturated rings. The van der Waals surface area contributed by atoms with Crippen LogP contribution in [0.15, 0.2) is 22.8 Å². The number of hydrogen-bond donors (Lipinski definition) is 4. The van der Waals surface area contributed by atoms with E-state index in [1.165, 1.54) is 18.5 Å². The summed E-state index contributed by atoms with van der Waals surface area (Å²) in [6.07, 6.45) is -1.16. The molecule has 0 bridgehead atoms. The molecule has 106 valence electrons. The molecule has 0 aromatic carbocycles. The average molecular weight is 334 g/mol. The van der Waals surface area contributed by atoms with E-state index in [0.717, 1.165) is 0 Å². The highest BCUT2D eigenvalue weighted by molar-refractivity contribution is 9.10. The lowest BCUT2D eigenvalue weighted by molar-refractivity contribution is -0.133. The monoisotopic (exact) mass is 333 g/mol. The lowest BCUT2D eigenvalue weighted by Gasteiger charge is -2.18. The van der Waals surface area contributed by atoms with E-state index in [9.17, 15) is 14.7 Å². The fourth-order valence-electron chi connectivity index (χ4n) is 1.22. The molecule has 1 aromatic rings. The number of carbonyl (C=O) groups is 2. The number of carbonyl (C=O) groups excluding carboxylic acids is 2. The van der Waals surface area contributed by atoms with Gasteiger partial charge in [0, 0.05) is 0 Å². The maximum Gasteiger partial charge on any atom is 0.270 e. The van der Waals surface area contributed by atoms with E-state index in [1.54, 1.807) is 12.1 Å². The van der Waals surface area contributed by atoms with Crippen LogP contribution < -0.4 is 10.8 Å². The molecule has 1 aromatic heterocycles. The van der Waals surface area contributed by atoms with E-state index < -0.39 is 24.0 Å². The molecule has 19 heavy (non-hydrogen) atoms. The van der Waals surface area contributed by atoms with E-state index >= 15 is 0 Å². The van der Waals surface area contributed by atoms with Crippen molar-refractivity contribution in [3.05, 3.63) is 28.5 Å². The SMILES string of the molecule is C.C[C@@H](O)[C@H](NC(=O)c1cccc(Br)n1)C(=O)NO. The van der Waals surface area contributed by atoms with Crippen molar-refractivity contribution in [3.8, 4) is 0 Å². The van der Waals surface area contributed by atoms with Crippen LogP contribution in [0.4, 0.5) is 0 Å². The van der Waals surface area contributed by atoms with Crippen LogP contribution in [-0.4, -0.2) is 39.3 Å². The Kier molecular flexibility index (Phi) is 7.20. The minimum atomic E-state index is -1.26. The Morgan fingerprint density at radius 3 is 2.53 bits per heavy atom. The van der Waals surface area contributed by atoms with Crippen molar-refractivity contribution in [1.29, 1.82) is 0 Å². The largest absolute Gasteiger partial charge is 0.391 e. The molecule has 2 amide bonds. The van der Waals surface area contributed by atoms with Gasteiger partial charge in [-0.1, -0.05) is 13.5 Å². The van der Waals surface area contributed by atoms with Crippen molar-refractivity contribution in [2.24, 2.45) is 0 Å². The predicted octanol–water partition coefficient (Wildman–Crippen LogP) is 0.465. The number of amides is 2. The Hall–Kier alpha value is -1.51. The highest BCUT2D eigenvalue weighted by atomic mass is 79.9. The zero-order valence-electron chi connectivity index (χ0n) is 9.42. The summed E-state index contributed by atoms with van der Waals surface area (Å²) < 4.78 is 0.468. The summed E-state index contributed by atoms with van der Waals surface area (Å²) in [4.78, 5) is 26.9. The lowest BCUT2D eigenvalue weighted by atomic mass is 10.1. The number of hydrogen-bond acceptors (Lipinski definition) is 5. The van der Waals surface area contributed by atoms with Crippen molar-refractivity contribution >= 4 is 27.7 Å². The molecule has 0 radical (unpaired) electrons. The summed E-state index contributed by atoms with van der Waals surface area (Å²) in [7, 11) is 0. The zero-order chi connectivity index (χ0) is 13.7. The summed E-state index contributed by atoms with van der Waals surface area (Å²) in [5.41, 5.74) is 1.46. The molecule has 0 aliphatic carbocycles. The van der Waals surface area contributed by atoms with E-state index in [0.29, 0.717) is 4.60 Å². The molecule has 1 heterocycles. The van der Waals surface area contributed by atoms with Crippen LogP contribution in [0.25, 0.3) is 0 Å². The molecule has 0 saturated heterocycles. The van der Waals surface area contributed by atoms with E-state index in [1.807, 2.05) is 0 Å². The quantitative estimate of drug-likeness (QED) is 0.363. The molecule has 0 saturated carbocycles. The van der Waals surface area contributed by atoms with E-state index in [2.05, 4.69) is 26.2 Å². The van der Waals surface area contributed by atoms with Gasteiger partial charge in [-0.25, -0.2) is 10.5 Å². The third-order valence-electron chi connectivity index (χ3n) is 2.11. The molecule has 0 spiro atoms. The van der Waals surface area contributed by atoms with Gasteiger partial charge in [0.05, 0.1) is 6.10 Å². The summed E-state index contributed by atoms with van der Waals surface area (Å²) in [5, 5.41) is 20.1. The topological polar surface area (TPSA) is 112 Å². The molecule has 2 atom stereocenters. The minimum Gasteiger partial charge on any atom is -0.391 e. The maximum atomic E-state index is 11.8. The minimum absolute atomic E-state index is 0. The number of rotatable bonds is 4. The second-order valence-electron chi connectivity index (χ2n) is 3.51. The summed E-state index contributed by atoms with van der Waals surface area (Å²) in [6, 6.07) is 3.44. The van der Waals surface area contributed by atoms with Gasteiger partial charge < -0.3 is 10.4 Å². The molecule has 0 aliphatic rings. The average Bonchev–Trinajstić information content (AvgIpc) is 2.34. The standard InChI is InChI=1S/C10H12BrN3O4.CH4/c1-5(15)8(10(17)14-18)13-9(16)6-3-2-4-7(11)12-6;/h2-5,8,15,18H,1H3,(H,13,16)(H,14,17);1H4/t5-,8+;/m1./s1. The second kappa shape index (κ2) is 7.82. The van der Waals surface area contributed by atoms with Gasteiger partial charge in [-0.2, -0.15) is 0 Å². The lowest BCUT2D eigenvalue weighted by Crippen LogP contribution is -2.51. The molecule has 0 aliphatic heterocycles. The Labute approximate surface area is 119 Å². The van der Waals surface area contributed by atoms with Crippen LogP contribution in [0.5, 0.6) is 0 Å². The maximum absolute atomic E-state index is 11.8. The van der Waals surface area contributed by atoms with Crippen molar-refractivity contribution in [1.82, 2.24) is 15.8 Å². The van der Waals surface area contributed by atoms with Crippen molar-refractivity contribution in [2.45, 2.75) is 26.5 Å². The molecule has 0 unspecified atom stereocenters. The number of halogens is 1. The summed E-state index contributed by atoms with van der Waals surface area (Å²) in [6.45, 7) is 1.31. The Morgan fingerprint density at radius 2 is 2.05 bits per heavy atom. The third kappa shape index (κ3) is 4.93. The van der Waals surface area contributed by atoms with Gasteiger partial charge in [0.2, 0.25) is 0 Å². The Morgan fingerprint density at radius 1 is 1.42 bits per heavy atom. The smallest absolute Gasteiger partial charge is 0.270 e. The van der Waals surface area contributed by atoms with E-state index in [-0.39, 0.29) is 13.1 Å². The summed E-state index contributed by atoms with van der Waals surface area (Å²) in [5.74, 6) is -1.54. The van der Waals surface area contributed by atoms with Gasteiger partial charge in [-0.15, -0.1) is 0 Å². The summed E-state index contributed by atoms with van der Waals surface area (Å²) >= 11 is 3.11. The fourth-order valence-corrected chi connectivity index (χ4v) is 1.57. The molecule has 1 rings (SSSR count). The molecule has 4 N–H and O–H groups in total. The van der Waals surface area contributed by atoms with Crippen molar-refractivity contribution in [3.63, 3.8) is 0 Å². The number of nitrogens with one attached hydrogen (secondary N) is 2. The Bertz CT molecular complexity index is 453. The first kappa shape index (κ1) is 17.5. The normalized spacial score (nSPS) is 12.8. The molecular weight excluding hydrogens is 318 g/mol. The fraction of sp³-hybridized carbons (Fsp3) is 0.364. The van der Waals surface area contributed by atoms with Crippen LogP contribution >= 0.6 is 15.9 Å². The number of aliphatic hydroxyl groups excluding tert-OH is 1. The first-order valence-electron chi connectivity index (χ1n) is 5.01.